The molecule has 3 atom stereocenters. The van der Waals surface area contributed by atoms with Gasteiger partial charge < -0.3 is 10.2 Å². The topological polar surface area (TPSA) is 40.5 Å². The average molecular weight is 212 g/mol. The van der Waals surface area contributed by atoms with Crippen molar-refractivity contribution in [3.8, 4) is 0 Å². The fraction of sp³-hybridized carbons (Fsp3) is 0.846. The third-order valence-electron chi connectivity index (χ3n) is 3.61. The molecule has 88 valence electrons. The van der Waals surface area contributed by atoms with E-state index in [0.717, 1.165) is 19.3 Å². The summed E-state index contributed by atoms with van der Waals surface area (Å²) in [6.07, 6.45) is 4.48. The first kappa shape index (κ1) is 12.7. The lowest BCUT2D eigenvalue weighted by Gasteiger charge is -2.40. The molecule has 0 aromatic heterocycles. The van der Waals surface area contributed by atoms with Crippen molar-refractivity contribution in [1.82, 2.24) is 0 Å². The van der Waals surface area contributed by atoms with Crippen LogP contribution < -0.4 is 0 Å². The second-order valence-corrected chi connectivity index (χ2v) is 5.39. The number of hydrogen-bond donors (Lipinski definition) is 2. The van der Waals surface area contributed by atoms with Crippen LogP contribution in [0.4, 0.5) is 0 Å². The Morgan fingerprint density at radius 1 is 1.53 bits per heavy atom. The van der Waals surface area contributed by atoms with Crippen LogP contribution in [0.25, 0.3) is 0 Å². The quantitative estimate of drug-likeness (QED) is 0.706. The zero-order valence-corrected chi connectivity index (χ0v) is 10.3. The van der Waals surface area contributed by atoms with Crippen LogP contribution in [0.3, 0.4) is 0 Å². The first-order valence-electron chi connectivity index (χ1n) is 5.92. The predicted octanol–water partition coefficient (Wildman–Crippen LogP) is 2.50. The van der Waals surface area contributed by atoms with E-state index < -0.39 is 5.60 Å². The normalized spacial score (nSPS) is 29.9. The fourth-order valence-corrected chi connectivity index (χ4v) is 2.62. The van der Waals surface area contributed by atoms with E-state index in [1.165, 1.54) is 5.57 Å². The predicted molar refractivity (Wildman–Crippen MR) is 62.6 cm³/mol. The van der Waals surface area contributed by atoms with E-state index in [1.807, 2.05) is 20.8 Å². The van der Waals surface area contributed by atoms with Crippen LogP contribution in [0.1, 0.15) is 47.0 Å². The highest BCUT2D eigenvalue weighted by Crippen LogP contribution is 2.39. The summed E-state index contributed by atoms with van der Waals surface area (Å²) in [6.45, 7) is 7.80. The van der Waals surface area contributed by atoms with Gasteiger partial charge in [0.05, 0.1) is 11.7 Å². The van der Waals surface area contributed by atoms with E-state index in [0.29, 0.717) is 0 Å². The molecule has 0 aromatic carbocycles. The summed E-state index contributed by atoms with van der Waals surface area (Å²) >= 11 is 0. The van der Waals surface area contributed by atoms with Gasteiger partial charge in [0.25, 0.3) is 0 Å². The van der Waals surface area contributed by atoms with Gasteiger partial charge in [0, 0.05) is 0 Å². The molecule has 2 nitrogen and oxygen atoms in total. The summed E-state index contributed by atoms with van der Waals surface area (Å²) in [5.74, 6) is 0.385. The molecule has 1 rings (SSSR count). The van der Waals surface area contributed by atoms with Crippen molar-refractivity contribution in [2.24, 2.45) is 11.8 Å². The molecule has 1 aliphatic rings. The lowest BCUT2D eigenvalue weighted by molar-refractivity contribution is -0.0490. The van der Waals surface area contributed by atoms with Gasteiger partial charge in [-0.2, -0.15) is 0 Å². The Hall–Kier alpha value is -0.340. The van der Waals surface area contributed by atoms with Crippen LogP contribution in [0.15, 0.2) is 11.6 Å². The van der Waals surface area contributed by atoms with Gasteiger partial charge in [-0.05, 0) is 51.9 Å². The van der Waals surface area contributed by atoms with Gasteiger partial charge in [-0.3, -0.25) is 0 Å². The number of aliphatic hydroxyl groups is 2. The molecule has 0 spiro atoms. The third kappa shape index (κ3) is 3.05. The van der Waals surface area contributed by atoms with E-state index in [4.69, 9.17) is 0 Å². The van der Waals surface area contributed by atoms with Crippen LogP contribution in [0, 0.1) is 11.8 Å². The summed E-state index contributed by atoms with van der Waals surface area (Å²) in [6, 6.07) is 0. The standard InChI is InChI=1S/C13H24O2/c1-5-12(14)10-8-9(2)6-7-11(10)13(3,4)15/h6,10-12,14-15H,5,7-8H2,1-4H3. The molecule has 3 unspecified atom stereocenters. The molecule has 15 heavy (non-hydrogen) atoms. The maximum atomic E-state index is 10.1. The van der Waals surface area contributed by atoms with Crippen LogP contribution in [0.5, 0.6) is 0 Å². The van der Waals surface area contributed by atoms with Crippen LogP contribution in [-0.2, 0) is 0 Å². The molecular formula is C13H24O2. The maximum Gasteiger partial charge on any atom is 0.0626 e. The van der Waals surface area contributed by atoms with Crippen LogP contribution in [0.2, 0.25) is 0 Å². The highest BCUT2D eigenvalue weighted by atomic mass is 16.3. The lowest BCUT2D eigenvalue weighted by Crippen LogP contribution is -2.42. The minimum Gasteiger partial charge on any atom is -0.393 e. The minimum absolute atomic E-state index is 0.177. The SMILES string of the molecule is CCC(O)C1CC(C)=CCC1C(C)(C)O. The Morgan fingerprint density at radius 2 is 2.13 bits per heavy atom. The molecule has 0 amide bonds. The summed E-state index contributed by atoms with van der Waals surface area (Å²) in [4.78, 5) is 0. The number of hydrogen-bond acceptors (Lipinski definition) is 2. The van der Waals surface area contributed by atoms with E-state index >= 15 is 0 Å². The van der Waals surface area contributed by atoms with Crippen molar-refractivity contribution in [1.29, 1.82) is 0 Å². The van der Waals surface area contributed by atoms with E-state index in [-0.39, 0.29) is 17.9 Å². The Labute approximate surface area is 93.0 Å². The highest BCUT2D eigenvalue weighted by molar-refractivity contribution is 5.09. The smallest absolute Gasteiger partial charge is 0.0626 e. The third-order valence-corrected chi connectivity index (χ3v) is 3.61. The van der Waals surface area contributed by atoms with Gasteiger partial charge in [0.2, 0.25) is 0 Å². The summed E-state index contributed by atoms with van der Waals surface area (Å²) < 4.78 is 0. The minimum atomic E-state index is -0.696. The molecule has 0 saturated heterocycles. The van der Waals surface area contributed by atoms with Crippen molar-refractivity contribution in [3.63, 3.8) is 0 Å². The van der Waals surface area contributed by atoms with E-state index in [9.17, 15) is 10.2 Å². The largest absolute Gasteiger partial charge is 0.393 e. The average Bonchev–Trinajstić information content (AvgIpc) is 2.14. The second kappa shape index (κ2) is 4.67. The van der Waals surface area contributed by atoms with Crippen molar-refractivity contribution < 1.29 is 10.2 Å². The molecule has 0 aromatic rings. The zero-order chi connectivity index (χ0) is 11.6. The Balaban J connectivity index is 2.84. The Kier molecular flexibility index (Phi) is 3.96. The summed E-state index contributed by atoms with van der Waals surface area (Å²) in [7, 11) is 0. The van der Waals surface area contributed by atoms with Gasteiger partial charge in [0.1, 0.15) is 0 Å². The first-order chi connectivity index (χ1) is 6.86. The van der Waals surface area contributed by atoms with Gasteiger partial charge in [0.15, 0.2) is 0 Å². The van der Waals surface area contributed by atoms with Crippen LogP contribution in [-0.4, -0.2) is 21.9 Å². The number of aliphatic hydroxyl groups excluding tert-OH is 1. The van der Waals surface area contributed by atoms with Crippen molar-refractivity contribution in [2.75, 3.05) is 0 Å². The zero-order valence-electron chi connectivity index (χ0n) is 10.3. The molecule has 0 bridgehead atoms. The molecule has 0 fully saturated rings. The molecule has 0 radical (unpaired) electrons. The molecule has 0 aliphatic heterocycles. The van der Waals surface area contributed by atoms with Gasteiger partial charge in [-0.1, -0.05) is 18.6 Å². The Morgan fingerprint density at radius 3 is 2.60 bits per heavy atom. The van der Waals surface area contributed by atoms with Gasteiger partial charge >= 0.3 is 0 Å². The second-order valence-electron chi connectivity index (χ2n) is 5.39. The molecule has 0 saturated carbocycles. The van der Waals surface area contributed by atoms with Crippen molar-refractivity contribution in [2.45, 2.75) is 58.7 Å². The number of allylic oxidation sites excluding steroid dienone is 2. The first-order valence-corrected chi connectivity index (χ1v) is 5.92. The number of rotatable bonds is 3. The maximum absolute atomic E-state index is 10.1. The molecule has 2 N–H and O–H groups in total. The summed E-state index contributed by atoms with van der Waals surface area (Å²) in [5, 5.41) is 20.1. The lowest BCUT2D eigenvalue weighted by atomic mass is 9.69. The van der Waals surface area contributed by atoms with Crippen molar-refractivity contribution in [3.05, 3.63) is 11.6 Å². The van der Waals surface area contributed by atoms with Gasteiger partial charge in [-0.25, -0.2) is 0 Å². The molecule has 1 aliphatic carbocycles. The van der Waals surface area contributed by atoms with Crippen molar-refractivity contribution >= 4 is 0 Å². The molecule has 0 heterocycles. The molecular weight excluding hydrogens is 188 g/mol. The fourth-order valence-electron chi connectivity index (χ4n) is 2.62. The molecule has 2 heteroatoms. The summed E-state index contributed by atoms with van der Waals surface area (Å²) in [5.41, 5.74) is 0.644. The highest BCUT2D eigenvalue weighted by Gasteiger charge is 2.38. The van der Waals surface area contributed by atoms with Gasteiger partial charge in [-0.15, -0.1) is 0 Å². The monoisotopic (exact) mass is 212 g/mol. The van der Waals surface area contributed by atoms with E-state index in [2.05, 4.69) is 13.0 Å². The Bertz CT molecular complexity index is 237. The van der Waals surface area contributed by atoms with E-state index in [1.54, 1.807) is 0 Å². The van der Waals surface area contributed by atoms with Crippen LogP contribution >= 0.6 is 0 Å².